The van der Waals surface area contributed by atoms with Gasteiger partial charge < -0.3 is 4.90 Å². The molecular weight excluding hydrogens is 138 g/mol. The lowest BCUT2D eigenvalue weighted by atomic mass is 10.4. The molecule has 58 valence electrons. The van der Waals surface area contributed by atoms with E-state index in [4.69, 9.17) is 5.26 Å². The van der Waals surface area contributed by atoms with Crippen LogP contribution in [0.2, 0.25) is 0 Å². The Hall–Kier alpha value is -0.650. The predicted octanol–water partition coefficient (Wildman–Crippen LogP) is -0.0141. The molecule has 1 N–H and O–H groups in total. The predicted molar refractivity (Wildman–Crippen MR) is 30.6 cm³/mol. The Morgan fingerprint density at radius 3 is 2.90 bits per heavy atom. The number of amides is 1. The summed E-state index contributed by atoms with van der Waals surface area (Å²) < 4.78 is 0. The number of hydrogen-bond acceptors (Lipinski definition) is 4. The maximum absolute atomic E-state index is 10.8. The second-order valence-electron chi connectivity index (χ2n) is 2.17. The number of likely N-dealkylation sites (tertiary alicyclic amines) is 1. The molecule has 1 amide bonds. The van der Waals surface area contributed by atoms with Gasteiger partial charge >= 0.3 is 0 Å². The summed E-state index contributed by atoms with van der Waals surface area (Å²) in [7, 11) is 1.60. The van der Waals surface area contributed by atoms with Crippen molar-refractivity contribution in [2.45, 2.75) is 19.1 Å². The summed E-state index contributed by atoms with van der Waals surface area (Å²) in [5.41, 5.74) is 0. The van der Waals surface area contributed by atoms with Crippen molar-refractivity contribution in [2.75, 3.05) is 7.05 Å². The summed E-state index contributed by atoms with van der Waals surface area (Å²) in [6.07, 6.45) is 0.581. The first-order chi connectivity index (χ1) is 4.75. The molecule has 1 fully saturated rings. The molecule has 1 atom stereocenters. The Bertz CT molecular complexity index is 138. The molecule has 1 rings (SSSR count). The van der Waals surface area contributed by atoms with Gasteiger partial charge in [-0.3, -0.25) is 4.79 Å². The van der Waals surface area contributed by atoms with Gasteiger partial charge in [0.15, 0.2) is 6.23 Å². The van der Waals surface area contributed by atoms with Gasteiger partial charge in [0.2, 0.25) is 5.91 Å². The van der Waals surface area contributed by atoms with E-state index in [9.17, 15) is 4.79 Å². The quantitative estimate of drug-likeness (QED) is 0.440. The Kier molecular flexibility index (Phi) is 2.21. The van der Waals surface area contributed by atoms with Gasteiger partial charge in [0.05, 0.1) is 0 Å². The highest BCUT2D eigenvalue weighted by atomic mass is 17.5. The SMILES string of the molecule is CN1C(=O)CCC1OOO. The van der Waals surface area contributed by atoms with E-state index in [1.54, 1.807) is 7.05 Å². The number of nitrogens with zero attached hydrogens (tertiary/aromatic N) is 1. The minimum Gasteiger partial charge on any atom is -0.317 e. The van der Waals surface area contributed by atoms with Crippen LogP contribution in [0.25, 0.3) is 0 Å². The smallest absolute Gasteiger partial charge is 0.224 e. The lowest BCUT2D eigenvalue weighted by Crippen LogP contribution is -2.30. The second kappa shape index (κ2) is 2.96. The summed E-state index contributed by atoms with van der Waals surface area (Å²) in [4.78, 5) is 16.5. The van der Waals surface area contributed by atoms with E-state index >= 15 is 0 Å². The lowest BCUT2D eigenvalue weighted by Gasteiger charge is -2.15. The normalized spacial score (nSPS) is 26.0. The van der Waals surface area contributed by atoms with Gasteiger partial charge in [0.25, 0.3) is 0 Å². The first kappa shape index (κ1) is 7.46. The lowest BCUT2D eigenvalue weighted by molar-refractivity contribution is -0.514. The van der Waals surface area contributed by atoms with Crippen LogP contribution in [0.3, 0.4) is 0 Å². The van der Waals surface area contributed by atoms with Gasteiger partial charge in [-0.1, -0.05) is 5.04 Å². The van der Waals surface area contributed by atoms with Crippen LogP contribution in [0.15, 0.2) is 0 Å². The van der Waals surface area contributed by atoms with E-state index in [-0.39, 0.29) is 5.91 Å². The van der Waals surface area contributed by atoms with E-state index < -0.39 is 6.23 Å². The molecule has 1 unspecified atom stereocenters. The third kappa shape index (κ3) is 1.26. The van der Waals surface area contributed by atoms with Crippen molar-refractivity contribution in [3.63, 3.8) is 0 Å². The molecular formula is C5H9NO4. The van der Waals surface area contributed by atoms with E-state index in [1.165, 1.54) is 4.90 Å². The number of carbonyl (C=O) groups is 1. The van der Waals surface area contributed by atoms with E-state index in [2.05, 4.69) is 9.93 Å². The minimum absolute atomic E-state index is 0.00190. The minimum atomic E-state index is -0.433. The van der Waals surface area contributed by atoms with Crippen LogP contribution < -0.4 is 0 Å². The third-order valence-corrected chi connectivity index (χ3v) is 1.58. The standard InChI is InChI=1S/C5H9NO4/c1-6-4(7)2-3-5(6)9-10-8/h5,8H,2-3H2,1H3. The van der Waals surface area contributed by atoms with E-state index in [0.29, 0.717) is 12.8 Å². The molecule has 0 radical (unpaired) electrons. The molecule has 0 spiro atoms. The molecule has 0 aliphatic carbocycles. The molecule has 1 aliphatic rings. The van der Waals surface area contributed by atoms with Crippen LogP contribution in [-0.2, 0) is 14.7 Å². The number of hydrogen-bond donors (Lipinski definition) is 1. The fraction of sp³-hybridized carbons (Fsp3) is 0.800. The molecule has 0 aromatic rings. The largest absolute Gasteiger partial charge is 0.317 e. The number of carbonyl (C=O) groups excluding carboxylic acids is 1. The summed E-state index contributed by atoms with van der Waals surface area (Å²) in [6.45, 7) is 0. The fourth-order valence-electron chi connectivity index (χ4n) is 0.940. The van der Waals surface area contributed by atoms with Gasteiger partial charge in [-0.2, -0.15) is 4.89 Å². The second-order valence-corrected chi connectivity index (χ2v) is 2.17. The van der Waals surface area contributed by atoms with Crippen molar-refractivity contribution in [3.05, 3.63) is 0 Å². The van der Waals surface area contributed by atoms with E-state index in [0.717, 1.165) is 0 Å². The molecule has 1 saturated heterocycles. The van der Waals surface area contributed by atoms with Crippen molar-refractivity contribution < 1.29 is 20.0 Å². The topological polar surface area (TPSA) is 59.0 Å². The van der Waals surface area contributed by atoms with Crippen molar-refractivity contribution in [1.29, 1.82) is 0 Å². The van der Waals surface area contributed by atoms with Gasteiger partial charge in [-0.15, -0.1) is 0 Å². The van der Waals surface area contributed by atoms with Crippen LogP contribution in [-0.4, -0.2) is 29.3 Å². The van der Waals surface area contributed by atoms with Crippen molar-refractivity contribution in [2.24, 2.45) is 0 Å². The molecule has 5 nitrogen and oxygen atoms in total. The van der Waals surface area contributed by atoms with Gasteiger partial charge in [-0.25, -0.2) is 5.26 Å². The van der Waals surface area contributed by atoms with Gasteiger partial charge in [0, 0.05) is 19.9 Å². The molecule has 10 heavy (non-hydrogen) atoms. The fourth-order valence-corrected chi connectivity index (χ4v) is 0.940. The van der Waals surface area contributed by atoms with Crippen molar-refractivity contribution >= 4 is 5.91 Å². The Labute approximate surface area is 58.0 Å². The van der Waals surface area contributed by atoms with Crippen LogP contribution in [0, 0.1) is 0 Å². The molecule has 0 bridgehead atoms. The van der Waals surface area contributed by atoms with Crippen LogP contribution >= 0.6 is 0 Å². The molecule has 1 aliphatic heterocycles. The summed E-state index contributed by atoms with van der Waals surface area (Å²) >= 11 is 0. The summed E-state index contributed by atoms with van der Waals surface area (Å²) in [5, 5.41) is 11.3. The Balaban J connectivity index is 2.41. The van der Waals surface area contributed by atoms with Crippen molar-refractivity contribution in [3.8, 4) is 0 Å². The Morgan fingerprint density at radius 2 is 2.50 bits per heavy atom. The first-order valence-electron chi connectivity index (χ1n) is 2.98. The zero-order valence-corrected chi connectivity index (χ0v) is 5.61. The van der Waals surface area contributed by atoms with E-state index in [1.807, 2.05) is 0 Å². The highest BCUT2D eigenvalue weighted by molar-refractivity contribution is 5.78. The zero-order chi connectivity index (χ0) is 7.56. The molecule has 0 aromatic carbocycles. The maximum Gasteiger partial charge on any atom is 0.224 e. The average molecular weight is 147 g/mol. The number of rotatable bonds is 2. The highest BCUT2D eigenvalue weighted by Gasteiger charge is 2.29. The molecule has 5 heteroatoms. The monoisotopic (exact) mass is 147 g/mol. The summed E-state index contributed by atoms with van der Waals surface area (Å²) in [5.74, 6) is 0.00190. The molecule has 1 heterocycles. The molecule has 0 saturated carbocycles. The van der Waals surface area contributed by atoms with Gasteiger partial charge in [-0.05, 0) is 0 Å². The van der Waals surface area contributed by atoms with Gasteiger partial charge in [0.1, 0.15) is 0 Å². The van der Waals surface area contributed by atoms with Crippen LogP contribution in [0.4, 0.5) is 0 Å². The average Bonchev–Trinajstić information content (AvgIpc) is 2.20. The molecule has 0 aromatic heterocycles. The van der Waals surface area contributed by atoms with Crippen LogP contribution in [0.5, 0.6) is 0 Å². The maximum atomic E-state index is 10.8. The third-order valence-electron chi connectivity index (χ3n) is 1.58. The van der Waals surface area contributed by atoms with Crippen LogP contribution in [0.1, 0.15) is 12.8 Å². The van der Waals surface area contributed by atoms with Crippen molar-refractivity contribution in [1.82, 2.24) is 4.90 Å². The zero-order valence-electron chi connectivity index (χ0n) is 5.61. The first-order valence-corrected chi connectivity index (χ1v) is 2.98. The Morgan fingerprint density at radius 1 is 1.80 bits per heavy atom. The summed E-state index contributed by atoms with van der Waals surface area (Å²) in [6, 6.07) is 0. The highest BCUT2D eigenvalue weighted by Crippen LogP contribution is 2.16.